The van der Waals surface area contributed by atoms with Crippen LogP contribution in [0.1, 0.15) is 54.4 Å². The second-order valence-corrected chi connectivity index (χ2v) is 8.02. The average Bonchev–Trinajstić information content (AvgIpc) is 2.07. The highest BCUT2D eigenvalue weighted by Gasteiger charge is 2.29. The van der Waals surface area contributed by atoms with Crippen molar-refractivity contribution >= 4 is 28.9 Å². The van der Waals surface area contributed by atoms with Crippen LogP contribution in [0.3, 0.4) is 0 Å². The maximum absolute atomic E-state index is 11.8. The van der Waals surface area contributed by atoms with Crippen molar-refractivity contribution in [1.82, 2.24) is 5.32 Å². The predicted molar refractivity (Wildman–Crippen MR) is 82.4 cm³/mol. The van der Waals surface area contributed by atoms with Gasteiger partial charge in [-0.15, -0.1) is 0 Å². The van der Waals surface area contributed by atoms with Crippen molar-refractivity contribution in [2.75, 3.05) is 0 Å². The summed E-state index contributed by atoms with van der Waals surface area (Å²) in [5, 5.41) is 11.1. The summed E-state index contributed by atoms with van der Waals surface area (Å²) >= 11 is 0.983. The summed E-state index contributed by atoms with van der Waals surface area (Å²) in [7, 11) is 0. The molecule has 2 N–H and O–H groups in total. The molecule has 0 rings (SSSR count). The quantitative estimate of drug-likeness (QED) is 0.782. The molecule has 0 saturated carbocycles. The third kappa shape index (κ3) is 11.1. The molecule has 0 fully saturated rings. The monoisotopic (exact) mass is 319 g/mol. The van der Waals surface area contributed by atoms with E-state index in [9.17, 15) is 14.4 Å². The summed E-state index contributed by atoms with van der Waals surface area (Å²) in [4.78, 5) is 33.8. The molecule has 1 amide bonds. The number of ether oxygens (including phenoxy) is 1. The van der Waals surface area contributed by atoms with Crippen molar-refractivity contribution in [3.8, 4) is 0 Å². The van der Waals surface area contributed by atoms with E-state index in [1.165, 1.54) is 6.92 Å². The molecule has 0 spiro atoms. The number of amides is 1. The van der Waals surface area contributed by atoms with E-state index in [2.05, 4.69) is 5.32 Å². The van der Waals surface area contributed by atoms with Gasteiger partial charge in [-0.05, 0) is 41.0 Å². The lowest BCUT2D eigenvalue weighted by Crippen LogP contribution is -2.47. The Bertz CT molecular complexity index is 385. The Hall–Kier alpha value is -1.24. The van der Waals surface area contributed by atoms with E-state index < -0.39 is 28.5 Å². The molecule has 0 aliphatic rings. The fraction of sp³-hybridized carbons (Fsp3) is 0.786. The van der Waals surface area contributed by atoms with Crippen molar-refractivity contribution in [3.63, 3.8) is 0 Å². The maximum atomic E-state index is 11.8. The van der Waals surface area contributed by atoms with Gasteiger partial charge in [-0.1, -0.05) is 11.8 Å². The first kappa shape index (κ1) is 19.8. The summed E-state index contributed by atoms with van der Waals surface area (Å²) in [6.45, 7) is 10.2. The normalized spacial score (nSPS) is 13.4. The van der Waals surface area contributed by atoms with Crippen molar-refractivity contribution in [3.05, 3.63) is 0 Å². The predicted octanol–water partition coefficient (Wildman–Crippen LogP) is 2.80. The van der Waals surface area contributed by atoms with Crippen molar-refractivity contribution < 1.29 is 24.2 Å². The maximum Gasteiger partial charge on any atom is 0.408 e. The highest BCUT2D eigenvalue weighted by molar-refractivity contribution is 8.14. The zero-order valence-corrected chi connectivity index (χ0v) is 14.3. The van der Waals surface area contributed by atoms with E-state index in [0.717, 1.165) is 11.8 Å². The number of carboxylic acids is 1. The number of carbonyl (C=O) groups is 3. The van der Waals surface area contributed by atoms with E-state index in [1.54, 1.807) is 34.6 Å². The molecule has 0 saturated heterocycles. The topological polar surface area (TPSA) is 92.7 Å². The minimum atomic E-state index is -0.971. The summed E-state index contributed by atoms with van der Waals surface area (Å²) in [6.07, 6.45) is -0.346. The number of carboxylic acid groups (broad SMARTS) is 1. The van der Waals surface area contributed by atoms with Gasteiger partial charge in [-0.2, -0.15) is 0 Å². The first-order valence-corrected chi connectivity index (χ1v) is 7.59. The van der Waals surface area contributed by atoms with Gasteiger partial charge in [-0.25, -0.2) is 4.79 Å². The zero-order chi connectivity index (χ0) is 16.8. The highest BCUT2D eigenvalue weighted by Crippen LogP contribution is 2.25. The van der Waals surface area contributed by atoms with Crippen LogP contribution in [0.25, 0.3) is 0 Å². The van der Waals surface area contributed by atoms with Crippen LogP contribution in [0, 0.1) is 0 Å². The zero-order valence-electron chi connectivity index (χ0n) is 13.5. The number of thioether (sulfide) groups is 1. The molecule has 0 aromatic rings. The second-order valence-electron chi connectivity index (χ2n) is 6.54. The van der Waals surface area contributed by atoms with E-state index >= 15 is 0 Å². The molecule has 7 heteroatoms. The minimum absolute atomic E-state index is 0.135. The molecule has 0 radical (unpaired) electrons. The molecule has 21 heavy (non-hydrogen) atoms. The SMILES string of the molecule is CC(=O)SC(CC(=O)O)CC(C)(C)NC(=O)OC(C)(C)C. The number of carbonyl (C=O) groups excluding carboxylic acids is 2. The Kier molecular flexibility index (Phi) is 7.23. The summed E-state index contributed by atoms with van der Waals surface area (Å²) in [5.74, 6) is -0.971. The highest BCUT2D eigenvalue weighted by atomic mass is 32.2. The van der Waals surface area contributed by atoms with Crippen molar-refractivity contribution in [2.24, 2.45) is 0 Å². The van der Waals surface area contributed by atoms with E-state index in [0.29, 0.717) is 6.42 Å². The average molecular weight is 319 g/mol. The van der Waals surface area contributed by atoms with Crippen molar-refractivity contribution in [1.29, 1.82) is 0 Å². The van der Waals surface area contributed by atoms with Crippen LogP contribution in [-0.2, 0) is 14.3 Å². The van der Waals surface area contributed by atoms with E-state index in [1.807, 2.05) is 0 Å². The molecular formula is C14H25NO5S. The summed E-state index contributed by atoms with van der Waals surface area (Å²) in [5.41, 5.74) is -1.28. The Labute approximate surface area is 130 Å². The standard InChI is InChI=1S/C14H25NO5S/c1-9(16)21-10(7-11(17)18)8-14(5,6)15-12(19)20-13(2,3)4/h10H,7-8H2,1-6H3,(H,15,19)(H,17,18). The van der Waals surface area contributed by atoms with Gasteiger partial charge in [-0.3, -0.25) is 9.59 Å². The number of hydrogen-bond acceptors (Lipinski definition) is 5. The molecular weight excluding hydrogens is 294 g/mol. The molecule has 6 nitrogen and oxygen atoms in total. The third-order valence-corrected chi connectivity index (χ3v) is 3.31. The van der Waals surface area contributed by atoms with E-state index in [4.69, 9.17) is 9.84 Å². The molecule has 0 aromatic carbocycles. The molecule has 0 aliphatic carbocycles. The third-order valence-electron chi connectivity index (χ3n) is 2.31. The first-order chi connectivity index (χ1) is 9.31. The lowest BCUT2D eigenvalue weighted by molar-refractivity contribution is -0.137. The van der Waals surface area contributed by atoms with E-state index in [-0.39, 0.29) is 11.5 Å². The van der Waals surface area contributed by atoms with Gasteiger partial charge in [0.1, 0.15) is 5.60 Å². The van der Waals surface area contributed by atoms with Crippen LogP contribution in [-0.4, -0.2) is 38.7 Å². The van der Waals surface area contributed by atoms with Gasteiger partial charge in [0.25, 0.3) is 0 Å². The molecule has 1 unspecified atom stereocenters. The Morgan fingerprint density at radius 3 is 2.10 bits per heavy atom. The van der Waals surface area contributed by atoms with Gasteiger partial charge >= 0.3 is 12.1 Å². The molecule has 122 valence electrons. The first-order valence-electron chi connectivity index (χ1n) is 6.71. The number of aliphatic carboxylic acids is 1. The van der Waals surface area contributed by atoms with Crippen LogP contribution in [0.15, 0.2) is 0 Å². The summed E-state index contributed by atoms with van der Waals surface area (Å²) in [6, 6.07) is 0. The van der Waals surface area contributed by atoms with Crippen molar-refractivity contribution in [2.45, 2.75) is 70.8 Å². The molecule has 0 heterocycles. The molecule has 0 aliphatic heterocycles. The van der Waals surface area contributed by atoms with Crippen LogP contribution < -0.4 is 5.32 Å². The fourth-order valence-electron chi connectivity index (χ4n) is 1.79. The Balaban J connectivity index is 4.68. The largest absolute Gasteiger partial charge is 0.481 e. The lowest BCUT2D eigenvalue weighted by atomic mass is 9.97. The fourth-order valence-corrected chi connectivity index (χ4v) is 2.98. The molecule has 0 aromatic heterocycles. The van der Waals surface area contributed by atoms with Crippen LogP contribution in [0.4, 0.5) is 4.79 Å². The van der Waals surface area contributed by atoms with Crippen LogP contribution >= 0.6 is 11.8 Å². The minimum Gasteiger partial charge on any atom is -0.481 e. The Morgan fingerprint density at radius 1 is 1.19 bits per heavy atom. The number of nitrogens with one attached hydrogen (secondary N) is 1. The number of alkyl carbamates (subject to hydrolysis) is 1. The van der Waals surface area contributed by atoms with Gasteiger partial charge in [0.2, 0.25) is 0 Å². The van der Waals surface area contributed by atoms with Gasteiger partial charge in [0.05, 0.1) is 6.42 Å². The molecule has 1 atom stereocenters. The van der Waals surface area contributed by atoms with Gasteiger partial charge in [0.15, 0.2) is 5.12 Å². The summed E-state index contributed by atoms with van der Waals surface area (Å²) < 4.78 is 5.18. The number of rotatable bonds is 6. The van der Waals surface area contributed by atoms with Gasteiger partial charge < -0.3 is 15.2 Å². The van der Waals surface area contributed by atoms with Crippen LogP contribution in [0.5, 0.6) is 0 Å². The van der Waals surface area contributed by atoms with Crippen LogP contribution in [0.2, 0.25) is 0 Å². The molecule has 0 bridgehead atoms. The van der Waals surface area contributed by atoms with Gasteiger partial charge in [0, 0.05) is 17.7 Å². The Morgan fingerprint density at radius 2 is 1.71 bits per heavy atom. The smallest absolute Gasteiger partial charge is 0.408 e. The second kappa shape index (κ2) is 7.68. The lowest BCUT2D eigenvalue weighted by Gasteiger charge is -2.31. The number of hydrogen-bond donors (Lipinski definition) is 2.